The number of carbonyl (C=O) groups excluding carboxylic acids is 2. The Morgan fingerprint density at radius 3 is 2.61 bits per heavy atom. The molecular formula is C15H21N3O4S. The fraction of sp³-hybridized carbons (Fsp3) is 0.600. The molecule has 3 rings (SSSR count). The van der Waals surface area contributed by atoms with Crippen LogP contribution in [-0.4, -0.2) is 59.3 Å². The first-order valence-electron chi connectivity index (χ1n) is 7.71. The number of aromatic amines is 1. The summed E-state index contributed by atoms with van der Waals surface area (Å²) in [4.78, 5) is 29.9. The van der Waals surface area contributed by atoms with Crippen LogP contribution in [-0.2, 0) is 14.8 Å². The summed E-state index contributed by atoms with van der Waals surface area (Å²) in [6, 6.07) is 2.57. The van der Waals surface area contributed by atoms with Crippen molar-refractivity contribution in [1.82, 2.24) is 14.2 Å². The summed E-state index contributed by atoms with van der Waals surface area (Å²) in [5.74, 6) is -1.10. The predicted molar refractivity (Wildman–Crippen MR) is 84.0 cm³/mol. The summed E-state index contributed by atoms with van der Waals surface area (Å²) in [6.07, 6.45) is 3.21. The maximum atomic E-state index is 12.7. The zero-order valence-electron chi connectivity index (χ0n) is 13.4. The fourth-order valence-electron chi connectivity index (χ4n) is 3.89. The Balaban J connectivity index is 2.00. The largest absolute Gasteiger partial charge is 0.357 e. The molecule has 0 unspecified atom stereocenters. The lowest BCUT2D eigenvalue weighted by Crippen LogP contribution is -2.44. The third-order valence-corrected chi connectivity index (χ3v) is 5.92. The molecule has 2 saturated heterocycles. The molecule has 2 aliphatic heterocycles. The van der Waals surface area contributed by atoms with E-state index in [0.717, 1.165) is 10.6 Å². The Kier molecular flexibility index (Phi) is 3.74. The van der Waals surface area contributed by atoms with Gasteiger partial charge in [-0.2, -0.15) is 0 Å². The van der Waals surface area contributed by atoms with E-state index in [2.05, 4.69) is 4.98 Å². The van der Waals surface area contributed by atoms with Gasteiger partial charge in [-0.05, 0) is 24.5 Å². The highest BCUT2D eigenvalue weighted by molar-refractivity contribution is 7.88. The molecule has 0 saturated carbocycles. The van der Waals surface area contributed by atoms with E-state index in [9.17, 15) is 18.0 Å². The van der Waals surface area contributed by atoms with Crippen LogP contribution >= 0.6 is 0 Å². The number of aromatic nitrogens is 1. The molecule has 0 radical (unpaired) electrons. The van der Waals surface area contributed by atoms with Gasteiger partial charge in [0.05, 0.1) is 24.3 Å². The standard InChI is InChI=1S/C15H21N3O4S/c1-9(2)12-13-11(18(15(12)20)23(3,21)22)6-8-17(13)14(19)10-5-4-7-16-10/h4-5,7,9,11-13,16H,6,8H2,1-3H3/t11-,12+,13-/m0/s1. The van der Waals surface area contributed by atoms with E-state index in [4.69, 9.17) is 0 Å². The molecule has 0 aliphatic carbocycles. The summed E-state index contributed by atoms with van der Waals surface area (Å²) in [7, 11) is -3.64. The number of H-pyrrole nitrogens is 1. The lowest BCUT2D eigenvalue weighted by Gasteiger charge is -2.28. The molecule has 2 fully saturated rings. The molecule has 8 heteroatoms. The van der Waals surface area contributed by atoms with Gasteiger partial charge in [-0.15, -0.1) is 0 Å². The molecule has 1 N–H and O–H groups in total. The molecule has 3 atom stereocenters. The molecular weight excluding hydrogens is 318 g/mol. The van der Waals surface area contributed by atoms with Crippen LogP contribution in [0.3, 0.4) is 0 Å². The normalized spacial score (nSPS) is 27.8. The Morgan fingerprint density at radius 2 is 2.09 bits per heavy atom. The second-order valence-corrected chi connectivity index (χ2v) is 8.46. The number of hydrogen-bond acceptors (Lipinski definition) is 4. The summed E-state index contributed by atoms with van der Waals surface area (Å²) < 4.78 is 25.1. The SMILES string of the molecule is CC(C)[C@H]1C(=O)N(S(C)(=O)=O)[C@H]2CCN(C(=O)c3ccc[nH]3)[C@H]12. The van der Waals surface area contributed by atoms with Crippen molar-refractivity contribution in [2.75, 3.05) is 12.8 Å². The molecule has 2 aliphatic rings. The molecule has 23 heavy (non-hydrogen) atoms. The molecule has 0 spiro atoms. The van der Waals surface area contributed by atoms with Crippen molar-refractivity contribution in [3.8, 4) is 0 Å². The summed E-state index contributed by atoms with van der Waals surface area (Å²) in [6.45, 7) is 4.23. The monoisotopic (exact) mass is 339 g/mol. The number of likely N-dealkylation sites (tertiary alicyclic amines) is 1. The van der Waals surface area contributed by atoms with Crippen molar-refractivity contribution >= 4 is 21.8 Å². The number of carbonyl (C=O) groups is 2. The molecule has 1 aromatic heterocycles. The van der Waals surface area contributed by atoms with Gasteiger partial charge < -0.3 is 9.88 Å². The van der Waals surface area contributed by atoms with Gasteiger partial charge in [0, 0.05) is 12.7 Å². The van der Waals surface area contributed by atoms with Crippen molar-refractivity contribution in [3.63, 3.8) is 0 Å². The number of amides is 2. The molecule has 7 nitrogen and oxygen atoms in total. The Hall–Kier alpha value is -1.83. The minimum Gasteiger partial charge on any atom is -0.357 e. The van der Waals surface area contributed by atoms with E-state index in [1.807, 2.05) is 13.8 Å². The van der Waals surface area contributed by atoms with Crippen LogP contribution in [0.4, 0.5) is 0 Å². The van der Waals surface area contributed by atoms with E-state index < -0.39 is 28.0 Å². The van der Waals surface area contributed by atoms with Gasteiger partial charge in [-0.3, -0.25) is 9.59 Å². The smallest absolute Gasteiger partial charge is 0.270 e. The van der Waals surface area contributed by atoms with Gasteiger partial charge in [0.2, 0.25) is 15.9 Å². The maximum Gasteiger partial charge on any atom is 0.270 e. The van der Waals surface area contributed by atoms with Crippen molar-refractivity contribution in [3.05, 3.63) is 24.0 Å². The summed E-state index contributed by atoms with van der Waals surface area (Å²) in [5, 5.41) is 0. The first-order chi connectivity index (χ1) is 10.7. The number of rotatable bonds is 3. The number of hydrogen-bond donors (Lipinski definition) is 1. The van der Waals surface area contributed by atoms with Gasteiger partial charge in [0.15, 0.2) is 0 Å². The second-order valence-electron chi connectivity index (χ2n) is 6.60. The topological polar surface area (TPSA) is 90.6 Å². The number of sulfonamides is 1. The first-order valence-corrected chi connectivity index (χ1v) is 9.56. The Morgan fingerprint density at radius 1 is 1.39 bits per heavy atom. The van der Waals surface area contributed by atoms with Crippen molar-refractivity contribution < 1.29 is 18.0 Å². The highest BCUT2D eigenvalue weighted by Gasteiger charge is 2.58. The summed E-state index contributed by atoms with van der Waals surface area (Å²) >= 11 is 0. The molecule has 0 bridgehead atoms. The van der Waals surface area contributed by atoms with Gasteiger partial charge in [-0.25, -0.2) is 12.7 Å². The van der Waals surface area contributed by atoms with Crippen LogP contribution in [0.5, 0.6) is 0 Å². The van der Waals surface area contributed by atoms with Crippen LogP contribution in [0.15, 0.2) is 18.3 Å². The van der Waals surface area contributed by atoms with E-state index in [-0.39, 0.29) is 17.7 Å². The van der Waals surface area contributed by atoms with Crippen LogP contribution in [0.25, 0.3) is 0 Å². The minimum atomic E-state index is -3.64. The molecule has 3 heterocycles. The third-order valence-electron chi connectivity index (χ3n) is 4.76. The molecule has 126 valence electrons. The molecule has 1 aromatic rings. The minimum absolute atomic E-state index is 0.0428. The van der Waals surface area contributed by atoms with Crippen LogP contribution in [0.2, 0.25) is 0 Å². The van der Waals surface area contributed by atoms with Crippen LogP contribution in [0.1, 0.15) is 30.8 Å². The highest BCUT2D eigenvalue weighted by atomic mass is 32.2. The zero-order valence-corrected chi connectivity index (χ0v) is 14.2. The van der Waals surface area contributed by atoms with Crippen molar-refractivity contribution in [2.45, 2.75) is 32.4 Å². The van der Waals surface area contributed by atoms with Crippen LogP contribution < -0.4 is 0 Å². The molecule has 2 amide bonds. The van der Waals surface area contributed by atoms with Gasteiger partial charge in [-0.1, -0.05) is 13.8 Å². The van der Waals surface area contributed by atoms with E-state index >= 15 is 0 Å². The number of nitrogens with one attached hydrogen (secondary N) is 1. The van der Waals surface area contributed by atoms with Gasteiger partial charge >= 0.3 is 0 Å². The quantitative estimate of drug-likeness (QED) is 0.876. The average molecular weight is 339 g/mol. The maximum absolute atomic E-state index is 12.7. The third kappa shape index (κ3) is 2.45. The zero-order chi connectivity index (χ0) is 16.9. The average Bonchev–Trinajstić information content (AvgIpc) is 3.10. The number of nitrogens with zero attached hydrogens (tertiary/aromatic N) is 2. The molecule has 0 aromatic carbocycles. The van der Waals surface area contributed by atoms with Crippen molar-refractivity contribution in [1.29, 1.82) is 0 Å². The fourth-order valence-corrected chi connectivity index (χ4v) is 5.06. The van der Waals surface area contributed by atoms with Gasteiger partial charge in [0.1, 0.15) is 5.69 Å². The Labute approximate surface area is 135 Å². The van der Waals surface area contributed by atoms with Gasteiger partial charge in [0.25, 0.3) is 5.91 Å². The summed E-state index contributed by atoms with van der Waals surface area (Å²) in [5.41, 5.74) is 0.457. The van der Waals surface area contributed by atoms with E-state index in [1.165, 1.54) is 0 Å². The van der Waals surface area contributed by atoms with Crippen LogP contribution in [0, 0.1) is 11.8 Å². The predicted octanol–water partition coefficient (Wildman–Crippen LogP) is 0.672. The second kappa shape index (κ2) is 5.36. The van der Waals surface area contributed by atoms with E-state index in [0.29, 0.717) is 18.7 Å². The lowest BCUT2D eigenvalue weighted by atomic mass is 9.88. The first kappa shape index (κ1) is 16.0. The highest BCUT2D eigenvalue weighted by Crippen LogP contribution is 2.41. The Bertz CT molecular complexity index is 726. The number of fused-ring (bicyclic) bond motifs is 1. The van der Waals surface area contributed by atoms with E-state index in [1.54, 1.807) is 23.2 Å². The lowest BCUT2D eigenvalue weighted by molar-refractivity contribution is -0.129. The van der Waals surface area contributed by atoms with Crippen molar-refractivity contribution in [2.24, 2.45) is 11.8 Å².